The fourth-order valence-electron chi connectivity index (χ4n) is 3.79. The number of oxime groups is 1. The first-order chi connectivity index (χ1) is 16.6. The number of carboxylic acid groups (broad SMARTS) is 1. The number of hydrogen-bond acceptors (Lipinski definition) is 7. The molecular formula is C21H16F5N5O4. The van der Waals surface area contributed by atoms with Gasteiger partial charge in [-0.15, -0.1) is 0 Å². The molecule has 1 unspecified atom stereocenters. The van der Waals surface area contributed by atoms with Crippen molar-refractivity contribution in [3.8, 4) is 5.69 Å². The lowest BCUT2D eigenvalue weighted by Crippen LogP contribution is -2.26. The van der Waals surface area contributed by atoms with Crippen molar-refractivity contribution in [2.24, 2.45) is 16.8 Å². The molecule has 0 aliphatic carbocycles. The normalized spacial score (nSPS) is 17.1. The van der Waals surface area contributed by atoms with Crippen LogP contribution in [0.1, 0.15) is 10.4 Å². The third-order valence-electron chi connectivity index (χ3n) is 5.41. The second kappa shape index (κ2) is 9.29. The quantitative estimate of drug-likeness (QED) is 0.396. The minimum atomic E-state index is -3.17. The number of carboxylic acids is 1. The second-order valence-corrected chi connectivity index (χ2v) is 7.57. The molecule has 35 heavy (non-hydrogen) atoms. The summed E-state index contributed by atoms with van der Waals surface area (Å²) in [7, 11) is 0. The van der Waals surface area contributed by atoms with Gasteiger partial charge in [-0.1, -0.05) is 5.16 Å². The number of anilines is 1. The first-order valence-electron chi connectivity index (χ1n) is 10.0. The van der Waals surface area contributed by atoms with Gasteiger partial charge < -0.3 is 20.6 Å². The number of aromatic carboxylic acids is 1. The molecule has 2 aromatic heterocycles. The monoisotopic (exact) mass is 497 g/mol. The molecule has 0 bridgehead atoms. The number of fused-ring (bicyclic) bond motifs is 1. The first-order valence-corrected chi connectivity index (χ1v) is 10.0. The van der Waals surface area contributed by atoms with Crippen LogP contribution in [-0.4, -0.2) is 52.6 Å². The van der Waals surface area contributed by atoms with Crippen molar-refractivity contribution in [3.05, 3.63) is 63.7 Å². The maximum Gasteiger partial charge on any atom is 0.407 e. The van der Waals surface area contributed by atoms with Crippen molar-refractivity contribution in [3.63, 3.8) is 0 Å². The third kappa shape index (κ3) is 4.51. The maximum atomic E-state index is 15.1. The molecule has 4 rings (SSSR count). The molecule has 1 fully saturated rings. The Bertz CT molecular complexity index is 1410. The van der Waals surface area contributed by atoms with E-state index in [2.05, 4.69) is 15.0 Å². The molecule has 0 amide bonds. The number of alkyl halides is 2. The minimum absolute atomic E-state index is 0.0136. The smallest absolute Gasteiger partial charge is 0.407 e. The Morgan fingerprint density at radius 1 is 1.26 bits per heavy atom. The van der Waals surface area contributed by atoms with Gasteiger partial charge in [0.25, 0.3) is 0 Å². The van der Waals surface area contributed by atoms with E-state index >= 15 is 4.39 Å². The summed E-state index contributed by atoms with van der Waals surface area (Å²) in [6.07, 6.45) is 0.800. The van der Waals surface area contributed by atoms with Crippen LogP contribution in [0.2, 0.25) is 0 Å². The summed E-state index contributed by atoms with van der Waals surface area (Å²) in [4.78, 5) is 33.7. The summed E-state index contributed by atoms with van der Waals surface area (Å²) in [6.45, 7) is -3.37. The summed E-state index contributed by atoms with van der Waals surface area (Å²) < 4.78 is 68.8. The van der Waals surface area contributed by atoms with Gasteiger partial charge in [0, 0.05) is 31.3 Å². The van der Waals surface area contributed by atoms with E-state index in [1.165, 1.54) is 4.90 Å². The standard InChI is InChI=1S/C21H16F5N5O4/c22-10-1-2-16(13(23)3-10)31-7-12(20(33)34)17(32)11-4-14(24)19(28-18(11)31)30-6-9(5-27)15(8-30)29-35-21(25)26/h1-4,7,9,21H,5-6,8,27H2,(H,33,34)/b29-15+. The number of rotatable bonds is 6. The zero-order valence-electron chi connectivity index (χ0n) is 17.6. The van der Waals surface area contributed by atoms with E-state index in [1.54, 1.807) is 0 Å². The summed E-state index contributed by atoms with van der Waals surface area (Å²) >= 11 is 0. The molecule has 0 saturated carbocycles. The first kappa shape index (κ1) is 24.1. The van der Waals surface area contributed by atoms with Crippen LogP contribution < -0.4 is 16.1 Å². The minimum Gasteiger partial charge on any atom is -0.477 e. The molecule has 1 atom stereocenters. The van der Waals surface area contributed by atoms with Crippen molar-refractivity contribution < 1.29 is 36.7 Å². The molecule has 3 aromatic rings. The predicted octanol–water partition coefficient (Wildman–Crippen LogP) is 2.49. The number of hydrogen-bond donors (Lipinski definition) is 2. The molecular weight excluding hydrogens is 481 g/mol. The van der Waals surface area contributed by atoms with Crippen molar-refractivity contribution >= 4 is 28.5 Å². The topological polar surface area (TPSA) is 123 Å². The van der Waals surface area contributed by atoms with Crippen LogP contribution in [0.3, 0.4) is 0 Å². The van der Waals surface area contributed by atoms with Gasteiger partial charge in [0.15, 0.2) is 17.3 Å². The lowest BCUT2D eigenvalue weighted by atomic mass is 10.1. The van der Waals surface area contributed by atoms with E-state index in [0.717, 1.165) is 29.0 Å². The average Bonchev–Trinajstić information content (AvgIpc) is 3.21. The average molecular weight is 497 g/mol. The van der Waals surface area contributed by atoms with E-state index in [9.17, 15) is 32.3 Å². The summed E-state index contributed by atoms with van der Waals surface area (Å²) in [5.41, 5.74) is 3.23. The van der Waals surface area contributed by atoms with E-state index in [1.807, 2.05) is 0 Å². The molecule has 1 aromatic carbocycles. The summed E-state index contributed by atoms with van der Waals surface area (Å²) in [5.74, 6) is -5.61. The summed E-state index contributed by atoms with van der Waals surface area (Å²) in [6, 6.07) is 3.19. The van der Waals surface area contributed by atoms with Gasteiger partial charge in [0.05, 0.1) is 23.3 Å². The highest BCUT2D eigenvalue weighted by atomic mass is 19.3. The lowest BCUT2D eigenvalue weighted by Gasteiger charge is -2.19. The fraction of sp³-hybridized carbons (Fsp3) is 0.238. The molecule has 3 heterocycles. The van der Waals surface area contributed by atoms with E-state index in [-0.39, 0.29) is 42.5 Å². The van der Waals surface area contributed by atoms with Crippen LogP contribution in [0.25, 0.3) is 16.7 Å². The van der Waals surface area contributed by atoms with Crippen LogP contribution in [0.15, 0.2) is 40.4 Å². The molecule has 1 saturated heterocycles. The van der Waals surface area contributed by atoms with Crippen LogP contribution >= 0.6 is 0 Å². The number of halogens is 5. The zero-order valence-corrected chi connectivity index (χ0v) is 17.6. The Hall–Kier alpha value is -4.07. The summed E-state index contributed by atoms with van der Waals surface area (Å²) in [5, 5.41) is 12.3. The SMILES string of the molecule is NCC1CN(c2nc3c(cc2F)c(=O)c(C(=O)O)cn3-c2ccc(F)cc2F)C/C1=N\OC(F)F. The van der Waals surface area contributed by atoms with Gasteiger partial charge in [-0.05, 0) is 18.2 Å². The number of nitrogens with zero attached hydrogens (tertiary/aromatic N) is 4. The molecule has 3 N–H and O–H groups in total. The zero-order chi connectivity index (χ0) is 25.4. The van der Waals surface area contributed by atoms with Gasteiger partial charge in [-0.25, -0.2) is 22.9 Å². The number of aromatic nitrogens is 2. The lowest BCUT2D eigenvalue weighted by molar-refractivity contribution is -0.128. The predicted molar refractivity (Wildman–Crippen MR) is 113 cm³/mol. The van der Waals surface area contributed by atoms with Gasteiger partial charge in [-0.2, -0.15) is 8.78 Å². The molecule has 0 radical (unpaired) electrons. The van der Waals surface area contributed by atoms with Crippen molar-refractivity contribution in [2.75, 3.05) is 24.5 Å². The highest BCUT2D eigenvalue weighted by molar-refractivity contribution is 5.95. The van der Waals surface area contributed by atoms with Crippen molar-refractivity contribution in [1.82, 2.24) is 9.55 Å². The van der Waals surface area contributed by atoms with E-state index in [0.29, 0.717) is 6.07 Å². The molecule has 0 spiro atoms. The highest BCUT2D eigenvalue weighted by Gasteiger charge is 2.32. The van der Waals surface area contributed by atoms with Gasteiger partial charge in [0.1, 0.15) is 17.2 Å². The largest absolute Gasteiger partial charge is 0.477 e. The number of carbonyl (C=O) groups is 1. The third-order valence-corrected chi connectivity index (χ3v) is 5.41. The Balaban J connectivity index is 1.91. The number of pyridine rings is 2. The van der Waals surface area contributed by atoms with Crippen molar-refractivity contribution in [1.29, 1.82) is 0 Å². The van der Waals surface area contributed by atoms with E-state index in [4.69, 9.17) is 5.73 Å². The highest BCUT2D eigenvalue weighted by Crippen LogP contribution is 2.28. The number of benzene rings is 1. The molecule has 1 aliphatic rings. The molecule has 184 valence electrons. The Morgan fingerprint density at radius 2 is 2.00 bits per heavy atom. The van der Waals surface area contributed by atoms with Crippen LogP contribution in [0.5, 0.6) is 0 Å². The van der Waals surface area contributed by atoms with Crippen LogP contribution in [0.4, 0.5) is 27.8 Å². The Kier molecular flexibility index (Phi) is 6.39. The number of nitrogens with two attached hydrogens (primary N) is 1. The van der Waals surface area contributed by atoms with Gasteiger partial charge >= 0.3 is 12.6 Å². The fourth-order valence-corrected chi connectivity index (χ4v) is 3.79. The van der Waals surface area contributed by atoms with Crippen LogP contribution in [0, 0.1) is 23.4 Å². The maximum absolute atomic E-state index is 15.1. The molecule has 14 heteroatoms. The van der Waals surface area contributed by atoms with Crippen molar-refractivity contribution in [2.45, 2.75) is 6.61 Å². The second-order valence-electron chi connectivity index (χ2n) is 7.57. The Labute approximate surface area is 192 Å². The molecule has 1 aliphatic heterocycles. The molecule has 9 nitrogen and oxygen atoms in total. The van der Waals surface area contributed by atoms with Gasteiger partial charge in [-0.3, -0.25) is 9.36 Å². The van der Waals surface area contributed by atoms with E-state index < -0.39 is 52.3 Å². The van der Waals surface area contributed by atoms with Gasteiger partial charge in [0.2, 0.25) is 5.43 Å². The Morgan fingerprint density at radius 3 is 2.63 bits per heavy atom. The van der Waals surface area contributed by atoms with Crippen LogP contribution in [-0.2, 0) is 4.84 Å².